The molecule has 0 atom stereocenters. The molecule has 2 N–H and O–H groups in total. The number of hydrogen-bond donors (Lipinski definition) is 2. The van der Waals surface area contributed by atoms with Crippen molar-refractivity contribution in [2.45, 2.75) is 46.0 Å². The van der Waals surface area contributed by atoms with Gasteiger partial charge in [-0.15, -0.1) is 0 Å². The lowest BCUT2D eigenvalue weighted by atomic mass is 9.92. The average molecular weight is 421 g/mol. The Morgan fingerprint density at radius 3 is 2.19 bits per heavy atom. The van der Waals surface area contributed by atoms with Crippen molar-refractivity contribution in [2.24, 2.45) is 0 Å². The molecule has 0 saturated carbocycles. The van der Waals surface area contributed by atoms with E-state index in [1.165, 1.54) is 0 Å². The molecule has 0 unspecified atom stereocenters. The van der Waals surface area contributed by atoms with Crippen LogP contribution in [0.15, 0.2) is 47.3 Å². The highest BCUT2D eigenvalue weighted by molar-refractivity contribution is 5.95. The number of carbonyl (C=O) groups is 2. The van der Waals surface area contributed by atoms with Gasteiger partial charge in [-0.2, -0.15) is 5.10 Å². The lowest BCUT2D eigenvalue weighted by Gasteiger charge is -2.20. The molecular formula is C24H27N3O4. The van der Waals surface area contributed by atoms with E-state index in [-0.39, 0.29) is 23.8 Å². The van der Waals surface area contributed by atoms with Gasteiger partial charge in [-0.3, -0.25) is 14.4 Å². The summed E-state index contributed by atoms with van der Waals surface area (Å²) in [4.78, 5) is 36.7. The van der Waals surface area contributed by atoms with Crippen molar-refractivity contribution in [2.75, 3.05) is 11.9 Å². The summed E-state index contributed by atoms with van der Waals surface area (Å²) in [5, 5.41) is 10.3. The number of hydrogen-bond acceptors (Lipinski definition) is 5. The van der Waals surface area contributed by atoms with Gasteiger partial charge in [0.1, 0.15) is 0 Å². The van der Waals surface area contributed by atoms with Crippen molar-refractivity contribution < 1.29 is 14.3 Å². The minimum atomic E-state index is -0.596. The molecule has 1 aromatic heterocycles. The highest BCUT2D eigenvalue weighted by Gasteiger charge is 2.18. The second-order valence-electron chi connectivity index (χ2n) is 8.05. The van der Waals surface area contributed by atoms with Crippen molar-refractivity contribution in [3.05, 3.63) is 69.6 Å². The summed E-state index contributed by atoms with van der Waals surface area (Å²) < 4.78 is 5.18. The Morgan fingerprint density at radius 1 is 0.968 bits per heavy atom. The number of nitrogens with zero attached hydrogens (tertiary/aromatic N) is 1. The first kappa shape index (κ1) is 22.2. The van der Waals surface area contributed by atoms with Gasteiger partial charge < -0.3 is 10.1 Å². The molecule has 3 aromatic rings. The summed E-state index contributed by atoms with van der Waals surface area (Å²) in [6.07, 6.45) is -0.148. The van der Waals surface area contributed by atoms with Gasteiger partial charge in [0.15, 0.2) is 6.61 Å². The molecule has 3 rings (SSSR count). The van der Waals surface area contributed by atoms with Crippen LogP contribution in [-0.4, -0.2) is 28.7 Å². The number of anilines is 1. The van der Waals surface area contributed by atoms with Crippen LogP contribution < -0.4 is 10.9 Å². The molecule has 0 aliphatic rings. The molecule has 7 heteroatoms. The number of nitrogens with one attached hydrogen (secondary N) is 2. The van der Waals surface area contributed by atoms with Crippen molar-refractivity contribution >= 4 is 28.3 Å². The summed E-state index contributed by atoms with van der Waals surface area (Å²) in [6.45, 7) is 7.87. The molecule has 0 aliphatic heterocycles. The fourth-order valence-corrected chi connectivity index (χ4v) is 3.51. The van der Waals surface area contributed by atoms with E-state index in [1.807, 2.05) is 18.2 Å². The third-order valence-corrected chi connectivity index (χ3v) is 5.09. The first-order chi connectivity index (χ1) is 14.8. The Hall–Kier alpha value is -3.48. The van der Waals surface area contributed by atoms with E-state index < -0.39 is 18.5 Å². The summed E-state index contributed by atoms with van der Waals surface area (Å²) in [5.41, 5.74) is 2.93. The third kappa shape index (κ3) is 5.17. The zero-order valence-electron chi connectivity index (χ0n) is 18.2. The van der Waals surface area contributed by atoms with Crippen molar-refractivity contribution in [1.82, 2.24) is 10.2 Å². The number of aromatic amines is 1. The first-order valence-corrected chi connectivity index (χ1v) is 10.3. The van der Waals surface area contributed by atoms with Crippen LogP contribution in [0.2, 0.25) is 0 Å². The van der Waals surface area contributed by atoms with Crippen molar-refractivity contribution in [1.29, 1.82) is 0 Å². The second-order valence-corrected chi connectivity index (χ2v) is 8.05. The van der Waals surface area contributed by atoms with Crippen LogP contribution in [0.5, 0.6) is 0 Å². The maximum absolute atomic E-state index is 12.5. The van der Waals surface area contributed by atoms with E-state index in [0.717, 1.165) is 16.8 Å². The number of rotatable bonds is 7. The predicted octanol–water partition coefficient (Wildman–Crippen LogP) is 3.89. The Balaban J connectivity index is 1.68. The number of para-hydroxylation sites is 1. The number of amides is 1. The highest BCUT2D eigenvalue weighted by Crippen LogP contribution is 2.32. The second kappa shape index (κ2) is 9.55. The van der Waals surface area contributed by atoms with E-state index >= 15 is 0 Å². The normalized spacial score (nSPS) is 11.2. The summed E-state index contributed by atoms with van der Waals surface area (Å²) in [6, 6.07) is 12.9. The van der Waals surface area contributed by atoms with E-state index in [1.54, 1.807) is 24.3 Å². The standard InChI is InChI=1S/C24H27N3O4/c1-14(2)16-10-7-11-17(15(3)4)23(16)25-21(28)13-31-22(29)12-20-18-8-5-6-9-19(18)24(30)27-26-20/h5-11,14-15H,12-13H2,1-4H3,(H,25,28)(H,27,30). The lowest BCUT2D eigenvalue weighted by Crippen LogP contribution is -2.24. The monoisotopic (exact) mass is 421 g/mol. The third-order valence-electron chi connectivity index (χ3n) is 5.09. The molecule has 0 radical (unpaired) electrons. The molecule has 1 amide bonds. The van der Waals surface area contributed by atoms with Crippen LogP contribution in [-0.2, 0) is 20.7 Å². The maximum atomic E-state index is 12.5. The molecule has 1 heterocycles. The molecular weight excluding hydrogens is 394 g/mol. The zero-order valence-corrected chi connectivity index (χ0v) is 18.2. The molecule has 31 heavy (non-hydrogen) atoms. The molecule has 0 saturated heterocycles. The Kier molecular flexibility index (Phi) is 6.84. The lowest BCUT2D eigenvalue weighted by molar-refractivity contribution is -0.146. The molecule has 0 aliphatic carbocycles. The summed E-state index contributed by atoms with van der Waals surface area (Å²) in [5.74, 6) is -0.531. The summed E-state index contributed by atoms with van der Waals surface area (Å²) in [7, 11) is 0. The molecule has 162 valence electrons. The predicted molar refractivity (Wildman–Crippen MR) is 120 cm³/mol. The van der Waals surface area contributed by atoms with Gasteiger partial charge in [-0.05, 0) is 29.0 Å². The van der Waals surface area contributed by atoms with Crippen molar-refractivity contribution in [3.8, 4) is 0 Å². The van der Waals surface area contributed by atoms with Gasteiger partial charge in [0.2, 0.25) is 0 Å². The molecule has 0 fully saturated rings. The number of carbonyl (C=O) groups excluding carboxylic acids is 2. The fourth-order valence-electron chi connectivity index (χ4n) is 3.51. The van der Waals surface area contributed by atoms with Gasteiger partial charge in [0.05, 0.1) is 17.5 Å². The molecule has 0 spiro atoms. The van der Waals surface area contributed by atoms with E-state index in [9.17, 15) is 14.4 Å². The van der Waals surface area contributed by atoms with Gasteiger partial charge in [-0.25, -0.2) is 5.10 Å². The van der Waals surface area contributed by atoms with Crippen LogP contribution in [0.4, 0.5) is 5.69 Å². The van der Waals surface area contributed by atoms with Gasteiger partial charge in [0, 0.05) is 11.1 Å². The largest absolute Gasteiger partial charge is 0.455 e. The number of benzene rings is 2. The molecule has 0 bridgehead atoms. The minimum absolute atomic E-state index is 0.148. The topological polar surface area (TPSA) is 101 Å². The Bertz CT molecular complexity index is 1140. The highest BCUT2D eigenvalue weighted by atomic mass is 16.5. The fraction of sp³-hybridized carbons (Fsp3) is 0.333. The van der Waals surface area contributed by atoms with E-state index in [0.29, 0.717) is 16.5 Å². The van der Waals surface area contributed by atoms with Crippen LogP contribution in [0.3, 0.4) is 0 Å². The van der Waals surface area contributed by atoms with Crippen LogP contribution in [0, 0.1) is 0 Å². The quantitative estimate of drug-likeness (QED) is 0.564. The number of esters is 1. The molecule has 2 aromatic carbocycles. The SMILES string of the molecule is CC(C)c1cccc(C(C)C)c1NC(=O)COC(=O)Cc1n[nH]c(=O)c2ccccc12. The van der Waals surface area contributed by atoms with E-state index in [2.05, 4.69) is 43.2 Å². The number of ether oxygens (including phenoxy) is 1. The Morgan fingerprint density at radius 2 is 1.58 bits per heavy atom. The smallest absolute Gasteiger partial charge is 0.312 e. The van der Waals surface area contributed by atoms with Crippen LogP contribution >= 0.6 is 0 Å². The number of H-pyrrole nitrogens is 1. The van der Waals surface area contributed by atoms with Crippen molar-refractivity contribution in [3.63, 3.8) is 0 Å². The van der Waals surface area contributed by atoms with Gasteiger partial charge in [-0.1, -0.05) is 64.1 Å². The van der Waals surface area contributed by atoms with Gasteiger partial charge in [0.25, 0.3) is 11.5 Å². The maximum Gasteiger partial charge on any atom is 0.312 e. The van der Waals surface area contributed by atoms with Crippen LogP contribution in [0.25, 0.3) is 10.8 Å². The molecule has 7 nitrogen and oxygen atoms in total. The first-order valence-electron chi connectivity index (χ1n) is 10.3. The zero-order chi connectivity index (χ0) is 22.5. The Labute approximate surface area is 180 Å². The average Bonchev–Trinajstić information content (AvgIpc) is 2.74. The minimum Gasteiger partial charge on any atom is -0.455 e. The summed E-state index contributed by atoms with van der Waals surface area (Å²) >= 11 is 0. The van der Waals surface area contributed by atoms with Gasteiger partial charge >= 0.3 is 5.97 Å². The number of fused-ring (bicyclic) bond motifs is 1. The van der Waals surface area contributed by atoms with E-state index in [4.69, 9.17) is 4.74 Å². The number of aromatic nitrogens is 2. The van der Waals surface area contributed by atoms with Crippen LogP contribution in [0.1, 0.15) is 56.4 Å².